The summed E-state index contributed by atoms with van der Waals surface area (Å²) in [5.41, 5.74) is 2.56. The summed E-state index contributed by atoms with van der Waals surface area (Å²) < 4.78 is 10.9. The Morgan fingerprint density at radius 2 is 1.84 bits per heavy atom. The number of aryl methyl sites for hydroxylation is 2. The number of carbonyl (C=O) groups is 1. The first-order valence-corrected chi connectivity index (χ1v) is 6.66. The van der Waals surface area contributed by atoms with Crippen LogP contribution in [0, 0.1) is 19.3 Å². The summed E-state index contributed by atoms with van der Waals surface area (Å²) in [5.74, 6) is 0.317. The molecule has 1 aromatic rings. The highest BCUT2D eigenvalue weighted by Gasteiger charge is 2.19. The van der Waals surface area contributed by atoms with Crippen LogP contribution in [0.4, 0.5) is 0 Å². The Labute approximate surface area is 115 Å². The van der Waals surface area contributed by atoms with Gasteiger partial charge in [0.05, 0.1) is 13.2 Å². The molecule has 0 N–H and O–H groups in total. The minimum atomic E-state index is -0.321. The Morgan fingerprint density at radius 3 is 2.37 bits per heavy atom. The second kappa shape index (κ2) is 6.09. The number of hydrogen-bond donors (Lipinski definition) is 0. The minimum absolute atomic E-state index is 0.0449. The van der Waals surface area contributed by atoms with Gasteiger partial charge in [-0.15, -0.1) is 0 Å². The molecule has 3 heteroatoms. The van der Waals surface area contributed by atoms with Gasteiger partial charge >= 0.3 is 5.97 Å². The Balaban J connectivity index is 3.09. The summed E-state index contributed by atoms with van der Waals surface area (Å²) in [6, 6.07) is 3.84. The molecular formula is C16H24O3. The van der Waals surface area contributed by atoms with Crippen molar-refractivity contribution < 1.29 is 14.3 Å². The van der Waals surface area contributed by atoms with Gasteiger partial charge in [0.15, 0.2) is 0 Å². The number of hydrogen-bond acceptors (Lipinski definition) is 3. The maximum Gasteiger partial charge on any atom is 0.341 e. The van der Waals surface area contributed by atoms with Crippen molar-refractivity contribution in [2.75, 3.05) is 13.2 Å². The topological polar surface area (TPSA) is 35.5 Å². The number of benzene rings is 1. The van der Waals surface area contributed by atoms with Crippen LogP contribution in [-0.2, 0) is 4.74 Å². The van der Waals surface area contributed by atoms with Gasteiger partial charge in [0.25, 0.3) is 0 Å². The maximum atomic E-state index is 12.0. The Kier molecular flexibility index (Phi) is 4.98. The van der Waals surface area contributed by atoms with Crippen LogP contribution in [0.2, 0.25) is 0 Å². The molecule has 1 aromatic carbocycles. The molecule has 0 atom stereocenters. The lowest BCUT2D eigenvalue weighted by Gasteiger charge is -2.21. The summed E-state index contributed by atoms with van der Waals surface area (Å²) in [7, 11) is 0. The Hall–Kier alpha value is -1.51. The molecule has 0 spiro atoms. The number of ether oxygens (including phenoxy) is 2. The second-order valence-corrected chi connectivity index (χ2v) is 6.03. The molecule has 1 rings (SSSR count). The summed E-state index contributed by atoms with van der Waals surface area (Å²) in [4.78, 5) is 12.0. The normalized spacial score (nSPS) is 11.3. The molecule has 0 bridgehead atoms. The predicted molar refractivity (Wildman–Crippen MR) is 76.8 cm³/mol. The standard InChI is InChI=1S/C16H24O3/c1-7-18-15(17)13-9-11(2)8-12(3)14(13)19-10-16(4,5)6/h8-9H,7,10H2,1-6H3. The molecular weight excluding hydrogens is 240 g/mol. The van der Waals surface area contributed by atoms with Crippen molar-refractivity contribution in [2.45, 2.75) is 41.5 Å². The molecule has 0 radical (unpaired) electrons. The van der Waals surface area contributed by atoms with E-state index in [2.05, 4.69) is 20.8 Å². The van der Waals surface area contributed by atoms with Gasteiger partial charge < -0.3 is 9.47 Å². The van der Waals surface area contributed by atoms with E-state index in [1.54, 1.807) is 6.92 Å². The van der Waals surface area contributed by atoms with E-state index >= 15 is 0 Å². The first-order valence-electron chi connectivity index (χ1n) is 6.66. The summed E-state index contributed by atoms with van der Waals surface area (Å²) in [6.07, 6.45) is 0. The molecule has 106 valence electrons. The van der Waals surface area contributed by atoms with E-state index in [0.29, 0.717) is 24.5 Å². The smallest absolute Gasteiger partial charge is 0.341 e. The van der Waals surface area contributed by atoms with Crippen LogP contribution in [0.5, 0.6) is 5.75 Å². The summed E-state index contributed by atoms with van der Waals surface area (Å²) >= 11 is 0. The van der Waals surface area contributed by atoms with Crippen LogP contribution < -0.4 is 4.74 Å². The number of rotatable bonds is 4. The van der Waals surface area contributed by atoms with E-state index in [0.717, 1.165) is 11.1 Å². The Bertz CT molecular complexity index is 456. The third-order valence-corrected chi connectivity index (χ3v) is 2.56. The third kappa shape index (κ3) is 4.58. The van der Waals surface area contributed by atoms with Gasteiger partial charge in [-0.25, -0.2) is 4.79 Å². The fraction of sp³-hybridized carbons (Fsp3) is 0.562. The fourth-order valence-electron chi connectivity index (χ4n) is 1.80. The third-order valence-electron chi connectivity index (χ3n) is 2.56. The molecule has 0 heterocycles. The molecule has 0 aliphatic carbocycles. The van der Waals surface area contributed by atoms with Gasteiger partial charge in [0.1, 0.15) is 11.3 Å². The SMILES string of the molecule is CCOC(=O)c1cc(C)cc(C)c1OCC(C)(C)C. The van der Waals surface area contributed by atoms with Crippen molar-refractivity contribution in [2.24, 2.45) is 5.41 Å². The van der Waals surface area contributed by atoms with E-state index in [4.69, 9.17) is 9.47 Å². The number of carbonyl (C=O) groups excluding carboxylic acids is 1. The zero-order valence-corrected chi connectivity index (χ0v) is 12.8. The van der Waals surface area contributed by atoms with E-state index in [9.17, 15) is 4.79 Å². The van der Waals surface area contributed by atoms with Crippen LogP contribution in [0.15, 0.2) is 12.1 Å². The lowest BCUT2D eigenvalue weighted by Crippen LogP contribution is -2.19. The monoisotopic (exact) mass is 264 g/mol. The molecule has 0 saturated heterocycles. The van der Waals surface area contributed by atoms with Crippen LogP contribution >= 0.6 is 0 Å². The van der Waals surface area contributed by atoms with Crippen LogP contribution in [0.25, 0.3) is 0 Å². The number of esters is 1. The van der Waals surface area contributed by atoms with E-state index < -0.39 is 0 Å². The van der Waals surface area contributed by atoms with Gasteiger partial charge in [0, 0.05) is 0 Å². The van der Waals surface area contributed by atoms with Crippen molar-refractivity contribution in [1.82, 2.24) is 0 Å². The van der Waals surface area contributed by atoms with Gasteiger partial charge in [-0.05, 0) is 43.4 Å². The molecule has 3 nitrogen and oxygen atoms in total. The average Bonchev–Trinajstić information content (AvgIpc) is 2.25. The highest BCUT2D eigenvalue weighted by Crippen LogP contribution is 2.28. The van der Waals surface area contributed by atoms with Crippen molar-refractivity contribution >= 4 is 5.97 Å². The molecule has 0 amide bonds. The van der Waals surface area contributed by atoms with E-state index in [1.165, 1.54) is 0 Å². The predicted octanol–water partition coefficient (Wildman–Crippen LogP) is 3.91. The zero-order chi connectivity index (χ0) is 14.6. The average molecular weight is 264 g/mol. The lowest BCUT2D eigenvalue weighted by atomic mass is 9.98. The van der Waals surface area contributed by atoms with Gasteiger partial charge in [-0.3, -0.25) is 0 Å². The highest BCUT2D eigenvalue weighted by molar-refractivity contribution is 5.93. The minimum Gasteiger partial charge on any atom is -0.492 e. The zero-order valence-electron chi connectivity index (χ0n) is 12.8. The first-order chi connectivity index (χ1) is 8.74. The molecule has 0 aliphatic rings. The van der Waals surface area contributed by atoms with Crippen molar-refractivity contribution in [3.63, 3.8) is 0 Å². The molecule has 0 unspecified atom stereocenters. The fourth-order valence-corrected chi connectivity index (χ4v) is 1.80. The molecule has 0 fully saturated rings. The van der Waals surface area contributed by atoms with Crippen LogP contribution in [0.1, 0.15) is 49.2 Å². The van der Waals surface area contributed by atoms with E-state index in [-0.39, 0.29) is 11.4 Å². The summed E-state index contributed by atoms with van der Waals surface area (Å²) in [5, 5.41) is 0. The molecule has 0 aliphatic heterocycles. The van der Waals surface area contributed by atoms with Crippen molar-refractivity contribution in [1.29, 1.82) is 0 Å². The molecule has 0 aromatic heterocycles. The quantitative estimate of drug-likeness (QED) is 0.774. The first kappa shape index (κ1) is 15.5. The molecule has 19 heavy (non-hydrogen) atoms. The lowest BCUT2D eigenvalue weighted by molar-refractivity contribution is 0.0519. The Morgan fingerprint density at radius 1 is 1.21 bits per heavy atom. The summed E-state index contributed by atoms with van der Waals surface area (Å²) in [6.45, 7) is 12.9. The van der Waals surface area contributed by atoms with Crippen LogP contribution in [-0.4, -0.2) is 19.2 Å². The largest absolute Gasteiger partial charge is 0.492 e. The van der Waals surface area contributed by atoms with Gasteiger partial charge in [-0.2, -0.15) is 0 Å². The van der Waals surface area contributed by atoms with Gasteiger partial charge in [-0.1, -0.05) is 26.8 Å². The maximum absolute atomic E-state index is 12.0. The van der Waals surface area contributed by atoms with Crippen LogP contribution in [0.3, 0.4) is 0 Å². The second-order valence-electron chi connectivity index (χ2n) is 6.03. The van der Waals surface area contributed by atoms with Crippen molar-refractivity contribution in [3.05, 3.63) is 28.8 Å². The highest BCUT2D eigenvalue weighted by atomic mass is 16.5. The van der Waals surface area contributed by atoms with Gasteiger partial charge in [0.2, 0.25) is 0 Å². The van der Waals surface area contributed by atoms with Crippen molar-refractivity contribution in [3.8, 4) is 5.75 Å². The molecule has 0 saturated carbocycles. The van der Waals surface area contributed by atoms with E-state index in [1.807, 2.05) is 26.0 Å².